The molecule has 6 heteroatoms. The SMILES string of the molecule is Cc1cc(-n2ccnc2)ccc1CSCCn1ccnn1. The molecule has 2 heterocycles. The minimum atomic E-state index is 0.900. The van der Waals surface area contributed by atoms with E-state index in [1.807, 2.05) is 39.7 Å². The first-order chi connectivity index (χ1) is 10.3. The fourth-order valence-corrected chi connectivity index (χ4v) is 3.11. The van der Waals surface area contributed by atoms with Crippen molar-refractivity contribution in [3.63, 3.8) is 0 Å². The van der Waals surface area contributed by atoms with E-state index in [1.54, 1.807) is 12.4 Å². The largest absolute Gasteiger partial charge is 0.306 e. The molecular weight excluding hydrogens is 282 g/mol. The van der Waals surface area contributed by atoms with Crippen molar-refractivity contribution < 1.29 is 0 Å². The van der Waals surface area contributed by atoms with Gasteiger partial charge in [0.1, 0.15) is 0 Å². The summed E-state index contributed by atoms with van der Waals surface area (Å²) in [7, 11) is 0. The van der Waals surface area contributed by atoms with Gasteiger partial charge >= 0.3 is 0 Å². The van der Waals surface area contributed by atoms with E-state index in [2.05, 4.69) is 40.4 Å². The Hall–Kier alpha value is -2.08. The molecule has 0 saturated heterocycles. The molecule has 0 unspecified atom stereocenters. The van der Waals surface area contributed by atoms with Crippen LogP contribution in [0.15, 0.2) is 49.3 Å². The zero-order valence-electron chi connectivity index (χ0n) is 11.9. The third-order valence-corrected chi connectivity index (χ3v) is 4.31. The highest BCUT2D eigenvalue weighted by Crippen LogP contribution is 2.19. The first-order valence-electron chi connectivity index (χ1n) is 6.82. The zero-order chi connectivity index (χ0) is 14.5. The summed E-state index contributed by atoms with van der Waals surface area (Å²) in [6.45, 7) is 3.06. The Bertz CT molecular complexity index is 676. The molecule has 0 atom stereocenters. The lowest BCUT2D eigenvalue weighted by Crippen LogP contribution is -2.01. The van der Waals surface area contributed by atoms with Gasteiger partial charge in [-0.25, -0.2) is 4.98 Å². The van der Waals surface area contributed by atoms with Gasteiger partial charge < -0.3 is 4.57 Å². The van der Waals surface area contributed by atoms with E-state index in [-0.39, 0.29) is 0 Å². The van der Waals surface area contributed by atoms with Gasteiger partial charge in [-0.1, -0.05) is 11.3 Å². The Morgan fingerprint density at radius 2 is 2.14 bits per heavy atom. The first-order valence-corrected chi connectivity index (χ1v) is 7.98. The molecule has 0 N–H and O–H groups in total. The third kappa shape index (κ3) is 3.52. The number of thioether (sulfide) groups is 1. The zero-order valence-corrected chi connectivity index (χ0v) is 12.7. The van der Waals surface area contributed by atoms with Crippen molar-refractivity contribution in [2.75, 3.05) is 5.75 Å². The van der Waals surface area contributed by atoms with Crippen molar-refractivity contribution in [1.82, 2.24) is 24.5 Å². The van der Waals surface area contributed by atoms with Crippen LogP contribution in [0.2, 0.25) is 0 Å². The summed E-state index contributed by atoms with van der Waals surface area (Å²) in [5, 5.41) is 7.77. The van der Waals surface area contributed by atoms with Gasteiger partial charge in [-0.15, -0.1) is 5.10 Å². The Morgan fingerprint density at radius 1 is 1.19 bits per heavy atom. The van der Waals surface area contributed by atoms with Gasteiger partial charge in [-0.3, -0.25) is 4.68 Å². The van der Waals surface area contributed by atoms with E-state index in [0.717, 1.165) is 23.7 Å². The van der Waals surface area contributed by atoms with Crippen molar-refractivity contribution in [2.24, 2.45) is 0 Å². The average Bonchev–Trinajstić information content (AvgIpc) is 3.18. The molecule has 0 aliphatic rings. The highest BCUT2D eigenvalue weighted by molar-refractivity contribution is 7.98. The summed E-state index contributed by atoms with van der Waals surface area (Å²) in [4.78, 5) is 4.08. The predicted molar refractivity (Wildman–Crippen MR) is 84.5 cm³/mol. The molecule has 0 bridgehead atoms. The first kappa shape index (κ1) is 13.9. The lowest BCUT2D eigenvalue weighted by molar-refractivity contribution is 0.632. The molecule has 2 aromatic heterocycles. The van der Waals surface area contributed by atoms with Crippen LogP contribution < -0.4 is 0 Å². The van der Waals surface area contributed by atoms with Crippen molar-refractivity contribution >= 4 is 11.8 Å². The summed E-state index contributed by atoms with van der Waals surface area (Å²) in [6.07, 6.45) is 9.18. The molecule has 5 nitrogen and oxygen atoms in total. The van der Waals surface area contributed by atoms with E-state index in [0.29, 0.717) is 0 Å². The normalized spacial score (nSPS) is 10.9. The van der Waals surface area contributed by atoms with Gasteiger partial charge in [0.25, 0.3) is 0 Å². The Morgan fingerprint density at radius 3 is 2.86 bits per heavy atom. The molecule has 0 fully saturated rings. The molecule has 0 saturated carbocycles. The Balaban J connectivity index is 1.56. The van der Waals surface area contributed by atoms with E-state index < -0.39 is 0 Å². The van der Waals surface area contributed by atoms with E-state index in [4.69, 9.17) is 0 Å². The van der Waals surface area contributed by atoms with Crippen molar-refractivity contribution in [2.45, 2.75) is 19.2 Å². The summed E-state index contributed by atoms with van der Waals surface area (Å²) >= 11 is 1.91. The number of aromatic nitrogens is 5. The standard InChI is InChI=1S/C15H17N5S/c1-13-10-15(19-6-4-16-12-19)3-2-14(13)11-21-9-8-20-7-5-17-18-20/h2-7,10,12H,8-9,11H2,1H3. The molecule has 0 amide bonds. The lowest BCUT2D eigenvalue weighted by atomic mass is 10.1. The van der Waals surface area contributed by atoms with Crippen molar-refractivity contribution in [3.8, 4) is 5.69 Å². The molecule has 108 valence electrons. The van der Waals surface area contributed by atoms with Gasteiger partial charge in [-0.2, -0.15) is 11.8 Å². The van der Waals surface area contributed by atoms with Gasteiger partial charge in [0, 0.05) is 35.8 Å². The van der Waals surface area contributed by atoms with Crippen LogP contribution in [0.5, 0.6) is 0 Å². The smallest absolute Gasteiger partial charge is 0.0991 e. The van der Waals surface area contributed by atoms with Gasteiger partial charge in [0.2, 0.25) is 0 Å². The van der Waals surface area contributed by atoms with Crippen molar-refractivity contribution in [3.05, 3.63) is 60.4 Å². The lowest BCUT2D eigenvalue weighted by Gasteiger charge is -2.09. The molecule has 3 rings (SSSR count). The maximum atomic E-state index is 4.08. The van der Waals surface area contributed by atoms with Gasteiger partial charge in [0.05, 0.1) is 19.1 Å². The van der Waals surface area contributed by atoms with Crippen LogP contribution in [0.25, 0.3) is 5.69 Å². The minimum absolute atomic E-state index is 0.900. The Kier molecular flexibility index (Phi) is 4.35. The molecule has 0 aliphatic heterocycles. The summed E-state index contributed by atoms with van der Waals surface area (Å²) in [5.41, 5.74) is 3.85. The average molecular weight is 299 g/mol. The van der Waals surface area contributed by atoms with Crippen LogP contribution in [0, 0.1) is 6.92 Å². The van der Waals surface area contributed by atoms with Crippen LogP contribution in [0.3, 0.4) is 0 Å². The molecule has 21 heavy (non-hydrogen) atoms. The number of aryl methyl sites for hydroxylation is 2. The number of rotatable bonds is 6. The van der Waals surface area contributed by atoms with Gasteiger partial charge in [-0.05, 0) is 30.2 Å². The highest BCUT2D eigenvalue weighted by Gasteiger charge is 2.02. The van der Waals surface area contributed by atoms with Crippen LogP contribution in [-0.4, -0.2) is 30.3 Å². The molecule has 0 aliphatic carbocycles. The number of benzene rings is 1. The number of hydrogen-bond donors (Lipinski definition) is 0. The third-order valence-electron chi connectivity index (χ3n) is 3.32. The number of hydrogen-bond acceptors (Lipinski definition) is 4. The summed E-state index contributed by atoms with van der Waals surface area (Å²) in [5.74, 6) is 2.05. The number of imidazole rings is 1. The quantitative estimate of drug-likeness (QED) is 0.657. The second kappa shape index (κ2) is 6.58. The fraction of sp³-hybridized carbons (Fsp3) is 0.267. The van der Waals surface area contributed by atoms with Crippen molar-refractivity contribution in [1.29, 1.82) is 0 Å². The fourth-order valence-electron chi connectivity index (χ4n) is 2.11. The molecular formula is C15H17N5S. The maximum absolute atomic E-state index is 4.08. The van der Waals surface area contributed by atoms with Gasteiger partial charge in [0.15, 0.2) is 0 Å². The highest BCUT2D eigenvalue weighted by atomic mass is 32.2. The molecule has 0 spiro atoms. The van der Waals surface area contributed by atoms with E-state index in [1.165, 1.54) is 11.1 Å². The summed E-state index contributed by atoms with van der Waals surface area (Å²) < 4.78 is 3.89. The topological polar surface area (TPSA) is 48.5 Å². The predicted octanol–water partition coefficient (Wildman–Crippen LogP) is 2.71. The second-order valence-corrected chi connectivity index (χ2v) is 5.90. The van der Waals surface area contributed by atoms with Crippen LogP contribution in [-0.2, 0) is 12.3 Å². The van der Waals surface area contributed by atoms with Crippen LogP contribution >= 0.6 is 11.8 Å². The van der Waals surface area contributed by atoms with E-state index >= 15 is 0 Å². The van der Waals surface area contributed by atoms with Crippen LogP contribution in [0.4, 0.5) is 0 Å². The monoisotopic (exact) mass is 299 g/mol. The minimum Gasteiger partial charge on any atom is -0.306 e. The maximum Gasteiger partial charge on any atom is 0.0991 e. The second-order valence-electron chi connectivity index (χ2n) is 4.80. The van der Waals surface area contributed by atoms with E-state index in [9.17, 15) is 0 Å². The number of nitrogens with zero attached hydrogens (tertiary/aromatic N) is 5. The molecule has 1 aromatic carbocycles. The Labute approximate surface area is 128 Å². The molecule has 3 aromatic rings. The van der Waals surface area contributed by atoms with Crippen LogP contribution in [0.1, 0.15) is 11.1 Å². The summed E-state index contributed by atoms with van der Waals surface area (Å²) in [6, 6.07) is 6.55. The molecule has 0 radical (unpaired) electrons.